The number of amides is 1. The van der Waals surface area contributed by atoms with Gasteiger partial charge in [-0.2, -0.15) is 0 Å². The van der Waals surface area contributed by atoms with Gasteiger partial charge in [-0.05, 0) is 5.41 Å². The lowest BCUT2D eigenvalue weighted by atomic mass is 9.87. The molecule has 0 aliphatic carbocycles. The van der Waals surface area contributed by atoms with E-state index in [1.54, 1.807) is 0 Å². The highest BCUT2D eigenvalue weighted by atomic mass is 35.5. The molecule has 0 aliphatic heterocycles. The number of hydrogen-bond donors (Lipinski definition) is 2. The Hall–Kier alpha value is -0.460. The zero-order valence-corrected chi connectivity index (χ0v) is 13.0. The van der Waals surface area contributed by atoms with Crippen LogP contribution in [0.2, 0.25) is 0 Å². The van der Waals surface area contributed by atoms with Crippen molar-refractivity contribution in [1.29, 1.82) is 0 Å². The van der Waals surface area contributed by atoms with Crippen LogP contribution in [0.15, 0.2) is 0 Å². The third-order valence-electron chi connectivity index (χ3n) is 2.21. The molecule has 7 heteroatoms. The molecule has 0 radical (unpaired) electrons. The maximum Gasteiger partial charge on any atom is 0.315 e. The van der Waals surface area contributed by atoms with E-state index in [0.29, 0.717) is 18.1 Å². The van der Waals surface area contributed by atoms with Crippen LogP contribution >= 0.6 is 24.2 Å². The molecule has 5 nitrogen and oxygen atoms in total. The lowest BCUT2D eigenvalue weighted by molar-refractivity contribution is -0.137. The van der Waals surface area contributed by atoms with E-state index in [1.165, 1.54) is 18.9 Å². The summed E-state index contributed by atoms with van der Waals surface area (Å²) in [6, 6.07) is -0.520. The van der Waals surface area contributed by atoms with E-state index in [-0.39, 0.29) is 29.7 Å². The van der Waals surface area contributed by atoms with E-state index in [0.717, 1.165) is 0 Å². The fourth-order valence-corrected chi connectivity index (χ4v) is 1.64. The summed E-state index contributed by atoms with van der Waals surface area (Å²) in [5, 5.41) is 2.74. The number of halogens is 1. The minimum atomic E-state index is -0.520. The molecule has 3 N–H and O–H groups in total. The van der Waals surface area contributed by atoms with Crippen LogP contribution in [0.1, 0.15) is 20.8 Å². The topological polar surface area (TPSA) is 81.4 Å². The Morgan fingerprint density at radius 2 is 1.94 bits per heavy atom. The van der Waals surface area contributed by atoms with Gasteiger partial charge in [0.15, 0.2) is 0 Å². The van der Waals surface area contributed by atoms with Crippen LogP contribution in [-0.4, -0.2) is 43.1 Å². The number of methoxy groups -OCH3 is 1. The van der Waals surface area contributed by atoms with Gasteiger partial charge in [0.2, 0.25) is 5.91 Å². The number of carbonyl (C=O) groups is 2. The van der Waals surface area contributed by atoms with Crippen molar-refractivity contribution in [3.63, 3.8) is 0 Å². The van der Waals surface area contributed by atoms with E-state index in [9.17, 15) is 9.59 Å². The van der Waals surface area contributed by atoms with Crippen molar-refractivity contribution in [2.75, 3.05) is 25.2 Å². The number of ether oxygens (including phenoxy) is 1. The Bertz CT molecular complexity index is 270. The molecule has 0 unspecified atom stereocenters. The lowest BCUT2D eigenvalue weighted by Gasteiger charge is -2.25. The molecule has 1 atom stereocenters. The van der Waals surface area contributed by atoms with E-state index in [1.807, 2.05) is 20.8 Å². The third kappa shape index (κ3) is 8.60. The van der Waals surface area contributed by atoms with Crippen LogP contribution in [-0.2, 0) is 14.3 Å². The second-order valence-electron chi connectivity index (χ2n) is 4.76. The Balaban J connectivity index is 0. The van der Waals surface area contributed by atoms with E-state index in [4.69, 9.17) is 5.73 Å². The highest BCUT2D eigenvalue weighted by Gasteiger charge is 2.26. The van der Waals surface area contributed by atoms with Crippen LogP contribution in [0.5, 0.6) is 0 Å². The Morgan fingerprint density at radius 1 is 1.39 bits per heavy atom. The normalized spacial score (nSPS) is 12.3. The quantitative estimate of drug-likeness (QED) is 0.560. The zero-order chi connectivity index (χ0) is 13.5. The van der Waals surface area contributed by atoms with Gasteiger partial charge in [0.05, 0.1) is 18.9 Å². The minimum Gasteiger partial charge on any atom is -0.468 e. The number of esters is 1. The van der Waals surface area contributed by atoms with Crippen molar-refractivity contribution >= 4 is 36.0 Å². The zero-order valence-electron chi connectivity index (χ0n) is 11.3. The molecule has 18 heavy (non-hydrogen) atoms. The molecule has 0 aromatic rings. The predicted molar refractivity (Wildman–Crippen MR) is 77.0 cm³/mol. The van der Waals surface area contributed by atoms with Crippen LogP contribution in [0.25, 0.3) is 0 Å². The standard InChI is InChI=1S/C11H22N2O3S.ClH/c1-11(2,3)9(12)10(15)13-5-6-17-7-8(14)16-4;/h9H,5-7,12H2,1-4H3,(H,13,15);1H/t9-;/m1./s1. The first-order valence-electron chi connectivity index (χ1n) is 5.47. The minimum absolute atomic E-state index is 0. The van der Waals surface area contributed by atoms with Crippen molar-refractivity contribution in [3.8, 4) is 0 Å². The Labute approximate surface area is 119 Å². The van der Waals surface area contributed by atoms with Gasteiger partial charge in [-0.1, -0.05) is 20.8 Å². The molecular weight excluding hydrogens is 276 g/mol. The fraction of sp³-hybridized carbons (Fsp3) is 0.818. The Morgan fingerprint density at radius 3 is 2.39 bits per heavy atom. The highest BCUT2D eigenvalue weighted by molar-refractivity contribution is 7.99. The number of nitrogens with two attached hydrogens (primary N) is 1. The van der Waals surface area contributed by atoms with Crippen LogP contribution in [0, 0.1) is 5.41 Å². The summed E-state index contributed by atoms with van der Waals surface area (Å²) in [4.78, 5) is 22.4. The molecule has 0 spiro atoms. The van der Waals surface area contributed by atoms with Gasteiger partial charge in [0.25, 0.3) is 0 Å². The van der Waals surface area contributed by atoms with Gasteiger partial charge in [-0.25, -0.2) is 0 Å². The van der Waals surface area contributed by atoms with Crippen LogP contribution in [0.4, 0.5) is 0 Å². The summed E-state index contributed by atoms with van der Waals surface area (Å²) in [6.45, 7) is 6.26. The first-order valence-corrected chi connectivity index (χ1v) is 6.62. The van der Waals surface area contributed by atoms with Gasteiger partial charge in [0.1, 0.15) is 0 Å². The summed E-state index contributed by atoms with van der Waals surface area (Å²) < 4.78 is 4.49. The molecule has 0 rings (SSSR count). The van der Waals surface area contributed by atoms with Gasteiger partial charge in [-0.3, -0.25) is 9.59 Å². The molecule has 0 aliphatic rings. The number of nitrogens with one attached hydrogen (secondary N) is 1. The molecular formula is C11H23ClN2O3S. The molecule has 0 heterocycles. The average molecular weight is 299 g/mol. The summed E-state index contributed by atoms with van der Waals surface area (Å²) in [6.07, 6.45) is 0. The lowest BCUT2D eigenvalue weighted by Crippen LogP contribution is -2.49. The van der Waals surface area contributed by atoms with Crippen molar-refractivity contribution in [3.05, 3.63) is 0 Å². The Kier molecular flexibility index (Phi) is 10.5. The van der Waals surface area contributed by atoms with Gasteiger partial charge >= 0.3 is 5.97 Å². The molecule has 0 saturated heterocycles. The van der Waals surface area contributed by atoms with Crippen LogP contribution in [0.3, 0.4) is 0 Å². The third-order valence-corrected chi connectivity index (χ3v) is 3.14. The number of thioether (sulfide) groups is 1. The maximum absolute atomic E-state index is 11.6. The van der Waals surface area contributed by atoms with Crippen molar-refractivity contribution < 1.29 is 14.3 Å². The summed E-state index contributed by atoms with van der Waals surface area (Å²) in [5.41, 5.74) is 5.54. The molecule has 0 aromatic carbocycles. The van der Waals surface area contributed by atoms with Gasteiger partial charge < -0.3 is 15.8 Å². The van der Waals surface area contributed by atoms with Gasteiger partial charge in [-0.15, -0.1) is 24.2 Å². The van der Waals surface area contributed by atoms with Crippen molar-refractivity contribution in [1.82, 2.24) is 5.32 Å². The molecule has 108 valence electrons. The monoisotopic (exact) mass is 298 g/mol. The number of hydrogen-bond acceptors (Lipinski definition) is 5. The highest BCUT2D eigenvalue weighted by Crippen LogP contribution is 2.17. The first kappa shape index (κ1) is 19.9. The van der Waals surface area contributed by atoms with Crippen LogP contribution < -0.4 is 11.1 Å². The van der Waals surface area contributed by atoms with E-state index >= 15 is 0 Å². The van der Waals surface area contributed by atoms with Gasteiger partial charge in [0, 0.05) is 12.3 Å². The second kappa shape index (κ2) is 9.47. The summed E-state index contributed by atoms with van der Waals surface area (Å²) in [7, 11) is 1.35. The maximum atomic E-state index is 11.6. The van der Waals surface area contributed by atoms with E-state index in [2.05, 4.69) is 10.1 Å². The number of rotatable bonds is 6. The molecule has 1 amide bonds. The molecule has 0 fully saturated rings. The predicted octanol–water partition coefficient (Wildman–Crippen LogP) is 0.804. The molecule has 0 saturated carbocycles. The molecule has 0 bridgehead atoms. The second-order valence-corrected chi connectivity index (χ2v) is 5.87. The summed E-state index contributed by atoms with van der Waals surface area (Å²) >= 11 is 1.42. The SMILES string of the molecule is COC(=O)CSCCNC(=O)[C@@H](N)C(C)(C)C.Cl. The fourth-order valence-electron chi connectivity index (χ4n) is 0.964. The first-order chi connectivity index (χ1) is 7.79. The van der Waals surface area contributed by atoms with Crippen molar-refractivity contribution in [2.45, 2.75) is 26.8 Å². The van der Waals surface area contributed by atoms with E-state index < -0.39 is 6.04 Å². The smallest absolute Gasteiger partial charge is 0.315 e. The molecule has 0 aromatic heterocycles. The average Bonchev–Trinajstić information content (AvgIpc) is 2.25. The summed E-state index contributed by atoms with van der Waals surface area (Å²) in [5.74, 6) is 0.555. The largest absolute Gasteiger partial charge is 0.468 e. The van der Waals surface area contributed by atoms with Crippen molar-refractivity contribution in [2.24, 2.45) is 11.1 Å². The number of carbonyl (C=O) groups excluding carboxylic acids is 2.